The topological polar surface area (TPSA) is 64.0 Å². The Bertz CT molecular complexity index is 1110. The number of nitrogens with zero attached hydrogens (tertiary/aromatic N) is 2. The molecule has 5 nitrogen and oxygen atoms in total. The molecule has 1 aliphatic heterocycles. The Morgan fingerprint density at radius 1 is 1.15 bits per heavy atom. The van der Waals surface area contributed by atoms with E-state index in [1.54, 1.807) is 6.07 Å². The summed E-state index contributed by atoms with van der Waals surface area (Å²) in [4.78, 5) is 17.5. The van der Waals surface area contributed by atoms with E-state index in [1.165, 1.54) is 22.3 Å². The van der Waals surface area contributed by atoms with Crippen molar-refractivity contribution >= 4 is 5.91 Å². The number of hydrogen-bond donors (Lipinski definition) is 2. The maximum absolute atomic E-state index is 13.2. The Morgan fingerprint density at radius 2 is 1.94 bits per heavy atom. The van der Waals surface area contributed by atoms with Gasteiger partial charge in [-0.25, -0.2) is 0 Å². The molecule has 5 rings (SSSR count). The first-order chi connectivity index (χ1) is 16.1. The summed E-state index contributed by atoms with van der Waals surface area (Å²) < 4.78 is 0. The lowest BCUT2D eigenvalue weighted by atomic mass is 9.49. The lowest BCUT2D eigenvalue weighted by Gasteiger charge is -2.64. The molecule has 2 bridgehead atoms. The van der Waals surface area contributed by atoms with E-state index in [-0.39, 0.29) is 23.7 Å². The zero-order valence-corrected chi connectivity index (χ0v) is 21.0. The molecular weight excluding hydrogens is 424 g/mol. The molecule has 2 aliphatic carbocycles. The van der Waals surface area contributed by atoms with Crippen LogP contribution in [0.3, 0.4) is 0 Å². The van der Waals surface area contributed by atoms with Gasteiger partial charge < -0.3 is 20.0 Å². The van der Waals surface area contributed by atoms with Crippen LogP contribution in [0.1, 0.15) is 59.9 Å². The van der Waals surface area contributed by atoms with E-state index in [4.69, 9.17) is 0 Å². The number of likely N-dealkylation sites (N-methyl/N-ethyl adjacent to an activating group) is 1. The summed E-state index contributed by atoms with van der Waals surface area (Å²) in [7, 11) is 4.06. The minimum Gasteiger partial charge on any atom is -0.508 e. The number of phenolic OH excluding ortho intramolecular Hbond substituents is 1. The number of carbonyl (C=O) groups is 1. The molecule has 1 unspecified atom stereocenters. The van der Waals surface area contributed by atoms with Gasteiger partial charge in [0.15, 0.2) is 0 Å². The van der Waals surface area contributed by atoms with Crippen molar-refractivity contribution in [3.8, 4) is 5.75 Å². The van der Waals surface area contributed by atoms with Crippen molar-refractivity contribution in [2.45, 2.75) is 81.9 Å². The van der Waals surface area contributed by atoms with Crippen molar-refractivity contribution < 1.29 is 15.0 Å². The van der Waals surface area contributed by atoms with E-state index in [0.717, 1.165) is 44.2 Å². The molecule has 2 aromatic carbocycles. The van der Waals surface area contributed by atoms with Crippen LogP contribution in [0.15, 0.2) is 36.4 Å². The largest absolute Gasteiger partial charge is 0.508 e. The van der Waals surface area contributed by atoms with E-state index < -0.39 is 11.0 Å². The molecule has 5 heteroatoms. The first-order valence-electron chi connectivity index (χ1n) is 12.7. The zero-order chi connectivity index (χ0) is 24.3. The summed E-state index contributed by atoms with van der Waals surface area (Å²) in [6.07, 6.45) is 5.12. The molecule has 1 amide bonds. The Hall–Kier alpha value is -2.37. The van der Waals surface area contributed by atoms with E-state index in [2.05, 4.69) is 44.0 Å². The smallest absolute Gasteiger partial charge is 0.222 e. The molecule has 0 radical (unpaired) electrons. The molecule has 182 valence electrons. The van der Waals surface area contributed by atoms with Crippen LogP contribution >= 0.6 is 0 Å². The Labute approximate surface area is 203 Å². The quantitative estimate of drug-likeness (QED) is 0.724. The van der Waals surface area contributed by atoms with E-state index in [9.17, 15) is 15.0 Å². The van der Waals surface area contributed by atoms with Gasteiger partial charge in [0.25, 0.3) is 0 Å². The Kier molecular flexibility index (Phi) is 5.77. The van der Waals surface area contributed by atoms with Gasteiger partial charge >= 0.3 is 0 Å². The minimum absolute atomic E-state index is 0.0741. The van der Waals surface area contributed by atoms with Crippen LogP contribution < -0.4 is 0 Å². The molecule has 2 N–H and O–H groups in total. The molecule has 2 fully saturated rings. The minimum atomic E-state index is -0.833. The molecule has 1 saturated heterocycles. The maximum atomic E-state index is 13.2. The number of amides is 1. The SMILES string of the molecule is Cc1ccc(CCC(=O)N(C)C2CC[C@@]3(O)[C@H]4Cc5ccc(O)cc5[C@@]3(CCN4C)C2)cc1C. The average molecular weight is 463 g/mol. The molecule has 1 heterocycles. The number of aryl methyl sites for hydroxylation is 3. The monoisotopic (exact) mass is 462 g/mol. The van der Waals surface area contributed by atoms with Crippen molar-refractivity contribution in [1.29, 1.82) is 0 Å². The van der Waals surface area contributed by atoms with Crippen molar-refractivity contribution in [2.24, 2.45) is 0 Å². The third kappa shape index (κ3) is 3.56. The van der Waals surface area contributed by atoms with Gasteiger partial charge in [0.2, 0.25) is 5.91 Å². The number of fused-ring (bicyclic) bond motifs is 1. The highest BCUT2D eigenvalue weighted by atomic mass is 16.3. The number of carbonyl (C=O) groups excluding carboxylic acids is 1. The molecule has 4 atom stereocenters. The number of aromatic hydroxyl groups is 1. The molecule has 0 aromatic heterocycles. The van der Waals surface area contributed by atoms with Gasteiger partial charge in [-0.1, -0.05) is 24.3 Å². The number of aliphatic hydroxyl groups is 1. The fourth-order valence-electron chi connectivity index (χ4n) is 7.12. The highest BCUT2D eigenvalue weighted by molar-refractivity contribution is 5.76. The average Bonchev–Trinajstić information content (AvgIpc) is 2.81. The second kappa shape index (κ2) is 8.39. The molecular formula is C29H38N2O3. The highest BCUT2D eigenvalue weighted by Crippen LogP contribution is 2.58. The van der Waals surface area contributed by atoms with Crippen LogP contribution in [0.5, 0.6) is 5.75 Å². The fourth-order valence-corrected chi connectivity index (χ4v) is 7.12. The predicted octanol–water partition coefficient (Wildman–Crippen LogP) is 3.88. The molecule has 2 aromatic rings. The summed E-state index contributed by atoms with van der Waals surface area (Å²) >= 11 is 0. The Balaban J connectivity index is 1.39. The van der Waals surface area contributed by atoms with Crippen molar-refractivity contribution in [3.05, 3.63) is 64.2 Å². The van der Waals surface area contributed by atoms with Gasteiger partial charge in [-0.05, 0) is 106 Å². The van der Waals surface area contributed by atoms with E-state index in [1.807, 2.05) is 24.1 Å². The number of likely N-dealkylation sites (tertiary alicyclic amines) is 1. The van der Waals surface area contributed by atoms with E-state index >= 15 is 0 Å². The van der Waals surface area contributed by atoms with Gasteiger partial charge in [0.05, 0.1) is 5.60 Å². The van der Waals surface area contributed by atoms with Gasteiger partial charge in [0.1, 0.15) is 5.75 Å². The number of phenols is 1. The lowest BCUT2D eigenvalue weighted by molar-refractivity contribution is -0.173. The third-order valence-electron chi connectivity index (χ3n) is 9.41. The first-order valence-corrected chi connectivity index (χ1v) is 12.7. The van der Waals surface area contributed by atoms with Crippen molar-refractivity contribution in [3.63, 3.8) is 0 Å². The van der Waals surface area contributed by atoms with E-state index in [0.29, 0.717) is 12.8 Å². The van der Waals surface area contributed by atoms with Crippen LogP contribution in [0.25, 0.3) is 0 Å². The molecule has 1 saturated carbocycles. The summed E-state index contributed by atoms with van der Waals surface area (Å²) in [5.74, 6) is 0.425. The number of hydrogen-bond acceptors (Lipinski definition) is 4. The van der Waals surface area contributed by atoms with Crippen LogP contribution in [0.2, 0.25) is 0 Å². The van der Waals surface area contributed by atoms with Gasteiger partial charge in [-0.15, -0.1) is 0 Å². The molecule has 34 heavy (non-hydrogen) atoms. The maximum Gasteiger partial charge on any atom is 0.222 e. The van der Waals surface area contributed by atoms with Crippen LogP contribution in [-0.2, 0) is 23.1 Å². The second-order valence-electron chi connectivity index (χ2n) is 11.1. The fraction of sp³-hybridized carbons (Fsp3) is 0.552. The molecule has 0 spiro atoms. The van der Waals surface area contributed by atoms with Crippen LogP contribution in [0.4, 0.5) is 0 Å². The standard InChI is InChI=1S/C29H38N2O3/c1-19-5-6-21(15-20(19)2)7-10-27(33)31(4)23-11-12-29(34)26-16-22-8-9-24(32)17-25(22)28(29,18-23)13-14-30(26)3/h5-6,8-9,15,17,23,26,32,34H,7,10-14,16,18H2,1-4H3/t23?,26-,28-,29-/m1/s1. The van der Waals surface area contributed by atoms with Gasteiger partial charge in [-0.3, -0.25) is 4.79 Å². The lowest BCUT2D eigenvalue weighted by Crippen LogP contribution is -2.73. The second-order valence-corrected chi connectivity index (χ2v) is 11.1. The first kappa shape index (κ1) is 23.4. The van der Waals surface area contributed by atoms with Crippen LogP contribution in [-0.4, -0.2) is 64.2 Å². The van der Waals surface area contributed by atoms with Crippen LogP contribution in [0, 0.1) is 13.8 Å². The number of benzene rings is 2. The van der Waals surface area contributed by atoms with Gasteiger partial charge in [-0.2, -0.15) is 0 Å². The Morgan fingerprint density at radius 3 is 2.71 bits per heavy atom. The van der Waals surface area contributed by atoms with Gasteiger partial charge in [0, 0.05) is 31.0 Å². The summed E-state index contributed by atoms with van der Waals surface area (Å²) in [6.45, 7) is 5.14. The molecule has 3 aliphatic rings. The predicted molar refractivity (Wildman–Crippen MR) is 134 cm³/mol. The van der Waals surface area contributed by atoms with Crippen molar-refractivity contribution in [2.75, 3.05) is 20.6 Å². The summed E-state index contributed by atoms with van der Waals surface area (Å²) in [6, 6.07) is 12.3. The third-order valence-corrected chi connectivity index (χ3v) is 9.41. The summed E-state index contributed by atoms with van der Waals surface area (Å²) in [5, 5.41) is 22.5. The number of rotatable bonds is 4. The summed E-state index contributed by atoms with van der Waals surface area (Å²) in [5.41, 5.74) is 4.80. The number of piperidine rings is 1. The van der Waals surface area contributed by atoms with Crippen molar-refractivity contribution in [1.82, 2.24) is 9.80 Å². The highest BCUT2D eigenvalue weighted by Gasteiger charge is 2.64. The zero-order valence-electron chi connectivity index (χ0n) is 21.0. The normalized spacial score (nSPS) is 30.4.